The first-order chi connectivity index (χ1) is 10.1. The van der Waals surface area contributed by atoms with Crippen molar-refractivity contribution in [1.82, 2.24) is 4.90 Å². The molecule has 0 aliphatic heterocycles. The molecule has 1 aromatic rings. The molecule has 1 amide bonds. The lowest BCUT2D eigenvalue weighted by Gasteiger charge is -2.22. The minimum Gasteiger partial charge on any atom is -0.469 e. The third-order valence-electron chi connectivity index (χ3n) is 3.40. The van der Waals surface area contributed by atoms with E-state index in [1.165, 1.54) is 12.7 Å². The van der Waals surface area contributed by atoms with Crippen LogP contribution in [0.5, 0.6) is 0 Å². The molecule has 0 aliphatic carbocycles. The first kappa shape index (κ1) is 17.2. The number of methoxy groups -OCH3 is 1. The summed E-state index contributed by atoms with van der Waals surface area (Å²) >= 11 is 0. The van der Waals surface area contributed by atoms with Crippen molar-refractivity contribution in [2.24, 2.45) is 0 Å². The van der Waals surface area contributed by atoms with Crippen molar-refractivity contribution in [2.45, 2.75) is 46.1 Å². The van der Waals surface area contributed by atoms with Crippen LogP contribution in [-0.4, -0.2) is 30.4 Å². The number of rotatable bonds is 8. The minimum absolute atomic E-state index is 0.0985. The van der Waals surface area contributed by atoms with Crippen LogP contribution >= 0.6 is 0 Å². The Morgan fingerprint density at radius 2 is 1.81 bits per heavy atom. The highest BCUT2D eigenvalue weighted by atomic mass is 16.5. The third-order valence-corrected chi connectivity index (χ3v) is 3.40. The Balaban J connectivity index is 2.67. The van der Waals surface area contributed by atoms with Crippen LogP contribution in [0.4, 0.5) is 0 Å². The molecule has 0 N–H and O–H groups in total. The average Bonchev–Trinajstić information content (AvgIpc) is 2.50. The van der Waals surface area contributed by atoms with Crippen LogP contribution in [0.2, 0.25) is 0 Å². The Labute approximate surface area is 127 Å². The molecule has 4 nitrogen and oxygen atoms in total. The van der Waals surface area contributed by atoms with Crippen LogP contribution in [0.15, 0.2) is 24.3 Å². The highest BCUT2D eigenvalue weighted by Gasteiger charge is 2.15. The molecule has 1 aromatic carbocycles. The number of amides is 1. The van der Waals surface area contributed by atoms with Gasteiger partial charge in [-0.05, 0) is 18.9 Å². The van der Waals surface area contributed by atoms with Crippen LogP contribution in [0.25, 0.3) is 0 Å². The van der Waals surface area contributed by atoms with Crippen molar-refractivity contribution in [2.75, 3.05) is 13.7 Å². The van der Waals surface area contributed by atoms with Crippen molar-refractivity contribution in [3.8, 4) is 0 Å². The van der Waals surface area contributed by atoms with Gasteiger partial charge in [0.2, 0.25) is 5.91 Å². The van der Waals surface area contributed by atoms with Crippen LogP contribution in [0, 0.1) is 6.92 Å². The molecule has 0 saturated heterocycles. The van der Waals surface area contributed by atoms with E-state index in [2.05, 4.69) is 11.7 Å². The number of ether oxygens (including phenoxy) is 1. The van der Waals surface area contributed by atoms with Crippen LogP contribution in [0.1, 0.15) is 43.7 Å². The van der Waals surface area contributed by atoms with E-state index in [-0.39, 0.29) is 18.3 Å². The van der Waals surface area contributed by atoms with E-state index in [4.69, 9.17) is 0 Å². The maximum absolute atomic E-state index is 12.2. The summed E-state index contributed by atoms with van der Waals surface area (Å²) in [7, 11) is 1.37. The predicted molar refractivity (Wildman–Crippen MR) is 82.8 cm³/mol. The van der Waals surface area contributed by atoms with Gasteiger partial charge in [0.1, 0.15) is 0 Å². The number of esters is 1. The van der Waals surface area contributed by atoms with E-state index in [1.807, 2.05) is 31.2 Å². The summed E-state index contributed by atoms with van der Waals surface area (Å²) in [5.74, 6) is -0.187. The van der Waals surface area contributed by atoms with E-state index in [0.29, 0.717) is 19.5 Å². The Morgan fingerprint density at radius 1 is 1.14 bits per heavy atom. The van der Waals surface area contributed by atoms with Crippen molar-refractivity contribution in [3.05, 3.63) is 35.4 Å². The van der Waals surface area contributed by atoms with Gasteiger partial charge in [0.25, 0.3) is 0 Å². The molecule has 0 heterocycles. The second-order valence-corrected chi connectivity index (χ2v) is 5.23. The number of aryl methyl sites for hydroxylation is 1. The fourth-order valence-electron chi connectivity index (χ4n) is 2.02. The Bertz CT molecular complexity index is 454. The summed E-state index contributed by atoms with van der Waals surface area (Å²) < 4.78 is 4.65. The Morgan fingerprint density at radius 3 is 2.38 bits per heavy atom. The summed E-state index contributed by atoms with van der Waals surface area (Å²) in [4.78, 5) is 25.3. The van der Waals surface area contributed by atoms with Crippen molar-refractivity contribution < 1.29 is 14.3 Å². The number of benzene rings is 1. The van der Waals surface area contributed by atoms with Gasteiger partial charge in [-0.25, -0.2) is 0 Å². The van der Waals surface area contributed by atoms with E-state index < -0.39 is 0 Å². The Kier molecular flexibility index (Phi) is 7.51. The van der Waals surface area contributed by atoms with Gasteiger partial charge in [0.15, 0.2) is 0 Å². The van der Waals surface area contributed by atoms with E-state index in [0.717, 1.165) is 18.4 Å². The summed E-state index contributed by atoms with van der Waals surface area (Å²) in [5, 5.41) is 0. The monoisotopic (exact) mass is 291 g/mol. The summed E-state index contributed by atoms with van der Waals surface area (Å²) in [6, 6.07) is 8.11. The van der Waals surface area contributed by atoms with Crippen LogP contribution in [0.3, 0.4) is 0 Å². The number of unbranched alkanes of at least 4 members (excludes halogenated alkanes) is 1. The highest BCUT2D eigenvalue weighted by Crippen LogP contribution is 2.10. The lowest BCUT2D eigenvalue weighted by atomic mass is 10.1. The van der Waals surface area contributed by atoms with Gasteiger partial charge in [-0.15, -0.1) is 0 Å². The highest BCUT2D eigenvalue weighted by molar-refractivity contribution is 5.77. The van der Waals surface area contributed by atoms with Gasteiger partial charge >= 0.3 is 5.97 Å². The maximum Gasteiger partial charge on any atom is 0.307 e. The van der Waals surface area contributed by atoms with Crippen molar-refractivity contribution >= 4 is 11.9 Å². The molecule has 0 unspecified atom stereocenters. The lowest BCUT2D eigenvalue weighted by Crippen LogP contribution is -2.32. The topological polar surface area (TPSA) is 46.6 Å². The van der Waals surface area contributed by atoms with Crippen molar-refractivity contribution in [1.29, 1.82) is 0 Å². The standard InChI is InChI=1S/C17H25NO3/c1-4-5-6-16(19)18(12-11-17(20)21-3)13-15-9-7-14(2)8-10-15/h7-10H,4-6,11-13H2,1-3H3. The molecule has 21 heavy (non-hydrogen) atoms. The van der Waals surface area contributed by atoms with Gasteiger partial charge in [-0.1, -0.05) is 43.2 Å². The molecule has 0 radical (unpaired) electrons. The maximum atomic E-state index is 12.2. The number of carbonyl (C=O) groups excluding carboxylic acids is 2. The zero-order chi connectivity index (χ0) is 15.7. The van der Waals surface area contributed by atoms with E-state index >= 15 is 0 Å². The second kappa shape index (κ2) is 9.16. The molecule has 0 fully saturated rings. The molecule has 0 aromatic heterocycles. The Hall–Kier alpha value is -1.84. The molecule has 4 heteroatoms. The molecule has 0 spiro atoms. The third kappa shape index (κ3) is 6.43. The van der Waals surface area contributed by atoms with E-state index in [9.17, 15) is 9.59 Å². The number of carbonyl (C=O) groups is 2. The summed E-state index contributed by atoms with van der Waals surface area (Å²) in [5.41, 5.74) is 2.27. The average molecular weight is 291 g/mol. The zero-order valence-electron chi connectivity index (χ0n) is 13.2. The SMILES string of the molecule is CCCCC(=O)N(CCC(=O)OC)Cc1ccc(C)cc1. The molecular formula is C17H25NO3. The molecule has 116 valence electrons. The summed E-state index contributed by atoms with van der Waals surface area (Å²) in [6.07, 6.45) is 2.63. The largest absolute Gasteiger partial charge is 0.469 e. The van der Waals surface area contributed by atoms with Crippen LogP contribution in [-0.2, 0) is 20.9 Å². The normalized spacial score (nSPS) is 10.2. The van der Waals surface area contributed by atoms with Gasteiger partial charge in [-0.3, -0.25) is 9.59 Å². The molecule has 0 saturated carbocycles. The summed E-state index contributed by atoms with van der Waals surface area (Å²) in [6.45, 7) is 5.04. The first-order valence-electron chi connectivity index (χ1n) is 7.47. The number of hydrogen-bond acceptors (Lipinski definition) is 3. The molecule has 1 rings (SSSR count). The van der Waals surface area contributed by atoms with Gasteiger partial charge in [-0.2, -0.15) is 0 Å². The zero-order valence-corrected chi connectivity index (χ0v) is 13.2. The van der Waals surface area contributed by atoms with E-state index in [1.54, 1.807) is 4.90 Å². The smallest absolute Gasteiger partial charge is 0.307 e. The first-order valence-corrected chi connectivity index (χ1v) is 7.47. The van der Waals surface area contributed by atoms with Crippen LogP contribution < -0.4 is 0 Å². The molecular weight excluding hydrogens is 266 g/mol. The lowest BCUT2D eigenvalue weighted by molar-refractivity contribution is -0.142. The predicted octanol–water partition coefficient (Wildman–Crippen LogP) is 3.08. The van der Waals surface area contributed by atoms with Crippen molar-refractivity contribution in [3.63, 3.8) is 0 Å². The second-order valence-electron chi connectivity index (χ2n) is 5.23. The fraction of sp³-hybridized carbons (Fsp3) is 0.529. The molecule has 0 bridgehead atoms. The van der Waals surface area contributed by atoms with Gasteiger partial charge in [0.05, 0.1) is 13.5 Å². The van der Waals surface area contributed by atoms with Gasteiger partial charge in [0, 0.05) is 19.5 Å². The number of hydrogen-bond donors (Lipinski definition) is 0. The fourth-order valence-corrected chi connectivity index (χ4v) is 2.02. The van der Waals surface area contributed by atoms with Gasteiger partial charge < -0.3 is 9.64 Å². The number of nitrogens with zero attached hydrogens (tertiary/aromatic N) is 1. The molecule has 0 aliphatic rings. The minimum atomic E-state index is -0.285. The molecule has 0 atom stereocenters. The quantitative estimate of drug-likeness (QED) is 0.691.